The summed E-state index contributed by atoms with van der Waals surface area (Å²) in [5, 5.41) is 0. The molecule has 2 atom stereocenters. The van der Waals surface area contributed by atoms with Gasteiger partial charge in [0.2, 0.25) is 0 Å². The molecule has 30 heavy (non-hydrogen) atoms. The van der Waals surface area contributed by atoms with Gasteiger partial charge in [-0.15, -0.1) is 0 Å². The van der Waals surface area contributed by atoms with Crippen molar-refractivity contribution in [2.24, 2.45) is 5.41 Å². The molecule has 0 spiro atoms. The molecular formula is C25H29FN2O2. The normalized spacial score (nSPS) is 28.4. The third-order valence-electron chi connectivity index (χ3n) is 7.41. The summed E-state index contributed by atoms with van der Waals surface area (Å²) in [6, 6.07) is 14.6. The first-order chi connectivity index (χ1) is 14.6. The molecule has 2 bridgehead atoms. The van der Waals surface area contributed by atoms with Gasteiger partial charge in [0.1, 0.15) is 11.9 Å². The molecule has 0 N–H and O–H groups in total. The van der Waals surface area contributed by atoms with Crippen molar-refractivity contribution in [1.29, 1.82) is 0 Å². The first-order valence-electron chi connectivity index (χ1n) is 11.0. The van der Waals surface area contributed by atoms with Crippen molar-refractivity contribution in [1.82, 2.24) is 9.80 Å². The van der Waals surface area contributed by atoms with E-state index < -0.39 is 6.10 Å². The molecule has 3 aliphatic heterocycles. The van der Waals surface area contributed by atoms with Gasteiger partial charge in [-0.25, -0.2) is 4.39 Å². The molecule has 4 nitrogen and oxygen atoms in total. The lowest BCUT2D eigenvalue weighted by molar-refractivity contribution is -0.146. The number of nitrogens with zero attached hydrogens (tertiary/aromatic N) is 2. The number of rotatable bonds is 5. The van der Waals surface area contributed by atoms with Gasteiger partial charge in [0.15, 0.2) is 0 Å². The highest BCUT2D eigenvalue weighted by Crippen LogP contribution is 2.45. The Hall–Kier alpha value is -2.24. The topological polar surface area (TPSA) is 32.8 Å². The Bertz CT molecular complexity index is 921. The largest absolute Gasteiger partial charge is 0.372 e. The summed E-state index contributed by atoms with van der Waals surface area (Å²) in [5.74, 6) is -0.206. The molecule has 1 amide bonds. The number of carbonyl (C=O) groups is 1. The standard InChI is InChI=1S/C25H29FN2O2/c1-30-22(16-25-11-14-27(17-25)15-12-25)24(29)28-13-10-18-4-2-3-5-21(18)23(28)19-6-8-20(26)9-7-19/h2-9,22-23H,10-17H2,1H3/t22-,23+/m1/s1. The summed E-state index contributed by atoms with van der Waals surface area (Å²) in [6.07, 6.45) is 3.49. The molecular weight excluding hydrogens is 379 g/mol. The Morgan fingerprint density at radius 3 is 2.53 bits per heavy atom. The molecule has 2 aromatic rings. The zero-order chi connectivity index (χ0) is 20.7. The zero-order valence-corrected chi connectivity index (χ0v) is 17.5. The van der Waals surface area contributed by atoms with Gasteiger partial charge in [-0.05, 0) is 73.0 Å². The summed E-state index contributed by atoms with van der Waals surface area (Å²) in [6.45, 7) is 4.01. The lowest BCUT2D eigenvalue weighted by Gasteiger charge is -2.40. The van der Waals surface area contributed by atoms with Crippen LogP contribution in [0.15, 0.2) is 48.5 Å². The fourth-order valence-electron chi connectivity index (χ4n) is 5.74. The predicted molar refractivity (Wildman–Crippen MR) is 114 cm³/mol. The fourth-order valence-corrected chi connectivity index (χ4v) is 5.74. The van der Waals surface area contributed by atoms with Gasteiger partial charge in [0, 0.05) is 20.2 Å². The summed E-state index contributed by atoms with van der Waals surface area (Å²) < 4.78 is 19.4. The number of ether oxygens (including phenoxy) is 1. The monoisotopic (exact) mass is 408 g/mol. The van der Waals surface area contributed by atoms with E-state index in [9.17, 15) is 9.18 Å². The number of hydrogen-bond donors (Lipinski definition) is 0. The Labute approximate surface area is 177 Å². The second kappa shape index (κ2) is 7.78. The molecule has 3 aliphatic rings. The van der Waals surface area contributed by atoms with E-state index in [1.54, 1.807) is 19.2 Å². The van der Waals surface area contributed by atoms with Crippen LogP contribution >= 0.6 is 0 Å². The second-order valence-corrected chi connectivity index (χ2v) is 9.14. The lowest BCUT2D eigenvalue weighted by atomic mass is 9.79. The quantitative estimate of drug-likeness (QED) is 0.755. The van der Waals surface area contributed by atoms with Crippen molar-refractivity contribution in [2.75, 3.05) is 33.3 Å². The van der Waals surface area contributed by atoms with Crippen molar-refractivity contribution < 1.29 is 13.9 Å². The van der Waals surface area contributed by atoms with Crippen molar-refractivity contribution in [3.05, 3.63) is 71.0 Å². The molecule has 2 saturated heterocycles. The van der Waals surface area contributed by atoms with E-state index in [4.69, 9.17) is 4.74 Å². The highest BCUT2D eigenvalue weighted by molar-refractivity contribution is 5.82. The third-order valence-corrected chi connectivity index (χ3v) is 7.41. The molecule has 2 fully saturated rings. The van der Waals surface area contributed by atoms with E-state index in [-0.39, 0.29) is 23.2 Å². The Morgan fingerprint density at radius 1 is 1.13 bits per heavy atom. The highest BCUT2D eigenvalue weighted by Gasteiger charge is 2.47. The van der Waals surface area contributed by atoms with E-state index in [1.807, 2.05) is 17.0 Å². The average molecular weight is 409 g/mol. The number of hydrogen-bond acceptors (Lipinski definition) is 3. The first kappa shape index (κ1) is 19.7. The number of fused-ring (bicyclic) bond motifs is 3. The van der Waals surface area contributed by atoms with E-state index in [0.717, 1.165) is 56.4 Å². The van der Waals surface area contributed by atoms with Crippen LogP contribution in [0, 0.1) is 11.2 Å². The maximum absolute atomic E-state index is 13.8. The van der Waals surface area contributed by atoms with Crippen molar-refractivity contribution in [3.63, 3.8) is 0 Å². The Kier molecular flexibility index (Phi) is 5.11. The van der Waals surface area contributed by atoms with Gasteiger partial charge in [0.25, 0.3) is 5.91 Å². The SMILES string of the molecule is CO[C@H](CC12CCN(CC1)C2)C(=O)N1CCc2ccccc2[C@@H]1c1ccc(F)cc1. The van der Waals surface area contributed by atoms with Crippen molar-refractivity contribution in [3.8, 4) is 0 Å². The minimum Gasteiger partial charge on any atom is -0.372 e. The average Bonchev–Trinajstić information content (AvgIpc) is 3.38. The number of carbonyl (C=O) groups excluding carboxylic acids is 1. The van der Waals surface area contributed by atoms with Gasteiger partial charge in [-0.3, -0.25) is 4.79 Å². The molecule has 0 aromatic heterocycles. The van der Waals surface area contributed by atoms with Gasteiger partial charge < -0.3 is 14.5 Å². The minimum atomic E-state index is -0.434. The molecule has 5 rings (SSSR count). The molecule has 0 unspecified atom stereocenters. The van der Waals surface area contributed by atoms with Gasteiger partial charge in [0.05, 0.1) is 6.04 Å². The van der Waals surface area contributed by atoms with Crippen LogP contribution < -0.4 is 0 Å². The van der Waals surface area contributed by atoms with E-state index in [2.05, 4.69) is 17.0 Å². The number of amides is 1. The van der Waals surface area contributed by atoms with Crippen LogP contribution in [-0.2, 0) is 16.0 Å². The summed E-state index contributed by atoms with van der Waals surface area (Å²) >= 11 is 0. The number of halogens is 1. The molecule has 0 saturated carbocycles. The second-order valence-electron chi connectivity index (χ2n) is 9.14. The first-order valence-corrected chi connectivity index (χ1v) is 11.0. The maximum Gasteiger partial charge on any atom is 0.252 e. The number of piperidine rings is 1. The zero-order valence-electron chi connectivity index (χ0n) is 17.5. The maximum atomic E-state index is 13.8. The highest BCUT2D eigenvalue weighted by atomic mass is 19.1. The minimum absolute atomic E-state index is 0.0565. The molecule has 0 aliphatic carbocycles. The summed E-state index contributed by atoms with van der Waals surface area (Å²) in [4.78, 5) is 18.2. The molecule has 2 aromatic carbocycles. The lowest BCUT2D eigenvalue weighted by Crippen LogP contribution is -2.47. The Morgan fingerprint density at radius 2 is 1.87 bits per heavy atom. The van der Waals surface area contributed by atoms with Gasteiger partial charge >= 0.3 is 0 Å². The fraction of sp³-hybridized carbons (Fsp3) is 0.480. The molecule has 5 heteroatoms. The summed E-state index contributed by atoms with van der Waals surface area (Å²) in [7, 11) is 1.66. The van der Waals surface area contributed by atoms with Gasteiger partial charge in [-0.2, -0.15) is 0 Å². The van der Waals surface area contributed by atoms with Crippen LogP contribution in [0.2, 0.25) is 0 Å². The van der Waals surface area contributed by atoms with E-state index in [1.165, 1.54) is 17.7 Å². The van der Waals surface area contributed by atoms with Crippen molar-refractivity contribution in [2.45, 2.75) is 37.8 Å². The van der Waals surface area contributed by atoms with E-state index in [0.29, 0.717) is 6.54 Å². The van der Waals surface area contributed by atoms with Crippen LogP contribution in [0.5, 0.6) is 0 Å². The smallest absolute Gasteiger partial charge is 0.252 e. The van der Waals surface area contributed by atoms with Crippen LogP contribution in [0.3, 0.4) is 0 Å². The molecule has 3 heterocycles. The summed E-state index contributed by atoms with van der Waals surface area (Å²) in [5.41, 5.74) is 3.54. The van der Waals surface area contributed by atoms with Crippen LogP contribution in [0.25, 0.3) is 0 Å². The van der Waals surface area contributed by atoms with E-state index >= 15 is 0 Å². The molecule has 0 radical (unpaired) electrons. The van der Waals surface area contributed by atoms with Crippen LogP contribution in [0.1, 0.15) is 42.0 Å². The number of benzene rings is 2. The number of methoxy groups -OCH3 is 1. The predicted octanol–water partition coefficient (Wildman–Crippen LogP) is 3.80. The van der Waals surface area contributed by atoms with Crippen molar-refractivity contribution >= 4 is 5.91 Å². The Balaban J connectivity index is 1.46. The van der Waals surface area contributed by atoms with Crippen LogP contribution in [0.4, 0.5) is 4.39 Å². The third kappa shape index (κ3) is 3.44. The van der Waals surface area contributed by atoms with Crippen LogP contribution in [-0.4, -0.2) is 55.1 Å². The van der Waals surface area contributed by atoms with Gasteiger partial charge in [-0.1, -0.05) is 36.4 Å². The molecule has 158 valence electrons.